The lowest BCUT2D eigenvalue weighted by molar-refractivity contribution is -0.139. The second-order valence-electron chi connectivity index (χ2n) is 13.9. The molecule has 47 heavy (non-hydrogen) atoms. The molecule has 0 aliphatic rings. The van der Waals surface area contributed by atoms with Gasteiger partial charge in [0.2, 0.25) is 11.8 Å². The highest BCUT2D eigenvalue weighted by Gasteiger charge is 2.44. The van der Waals surface area contributed by atoms with Crippen molar-refractivity contribution in [1.29, 1.82) is 0 Å². The molecule has 0 heterocycles. The number of likely N-dealkylation sites (N-methyl/N-ethyl adjacent to an activating group) is 2. The maximum atomic E-state index is 14.5. The molecule has 3 atom stereocenters. The van der Waals surface area contributed by atoms with Crippen molar-refractivity contribution in [2.24, 2.45) is 5.92 Å². The predicted octanol–water partition coefficient (Wildman–Crippen LogP) is 6.31. The number of carbonyl (C=O) groups is 4. The van der Waals surface area contributed by atoms with E-state index >= 15 is 0 Å². The molecule has 3 amide bonds. The molecule has 9 heteroatoms. The fraction of sp³-hybridized carbons (Fsp3) is 0.526. The SMILES string of the molecule is CCOC(=O)C(C)=C[C@H](C(C)C)N(C)C(=O)[C@H](CCc1ccccc1)NC(=O)[C@@H](N(C)C(=O)OC(C)(C)C)C(C)(C)c1ccccc1. The molecular formula is C38H55N3O6. The molecule has 2 aromatic carbocycles. The summed E-state index contributed by atoms with van der Waals surface area (Å²) in [5.41, 5.74) is 0.627. The topological polar surface area (TPSA) is 105 Å². The van der Waals surface area contributed by atoms with Crippen LogP contribution in [0.2, 0.25) is 0 Å². The van der Waals surface area contributed by atoms with Gasteiger partial charge >= 0.3 is 12.1 Å². The molecule has 9 nitrogen and oxygen atoms in total. The van der Waals surface area contributed by atoms with E-state index in [-0.39, 0.29) is 18.4 Å². The Morgan fingerprint density at radius 1 is 0.872 bits per heavy atom. The first-order valence-electron chi connectivity index (χ1n) is 16.4. The van der Waals surface area contributed by atoms with Gasteiger partial charge in [-0.05, 0) is 64.5 Å². The van der Waals surface area contributed by atoms with Crippen LogP contribution >= 0.6 is 0 Å². The summed E-state index contributed by atoms with van der Waals surface area (Å²) in [5, 5.41) is 3.04. The van der Waals surface area contributed by atoms with E-state index in [1.165, 1.54) is 4.90 Å². The van der Waals surface area contributed by atoms with Gasteiger partial charge in [-0.25, -0.2) is 9.59 Å². The lowest BCUT2D eigenvalue weighted by Crippen LogP contribution is -2.61. The second-order valence-corrected chi connectivity index (χ2v) is 13.9. The first-order chi connectivity index (χ1) is 21.9. The largest absolute Gasteiger partial charge is 0.463 e. The van der Waals surface area contributed by atoms with Gasteiger partial charge in [0.15, 0.2) is 0 Å². The van der Waals surface area contributed by atoms with E-state index in [9.17, 15) is 19.2 Å². The molecule has 0 bridgehead atoms. The maximum Gasteiger partial charge on any atom is 0.410 e. The average Bonchev–Trinajstić information content (AvgIpc) is 3.01. The molecule has 0 spiro atoms. The first-order valence-corrected chi connectivity index (χ1v) is 16.4. The Morgan fingerprint density at radius 2 is 1.43 bits per heavy atom. The van der Waals surface area contributed by atoms with E-state index in [1.54, 1.807) is 59.7 Å². The number of rotatable bonds is 14. The molecule has 0 fully saturated rings. The Labute approximate surface area is 281 Å². The summed E-state index contributed by atoms with van der Waals surface area (Å²) < 4.78 is 10.8. The number of esters is 1. The number of nitrogens with one attached hydrogen (secondary N) is 1. The van der Waals surface area contributed by atoms with Gasteiger partial charge in [0.1, 0.15) is 17.7 Å². The van der Waals surface area contributed by atoms with E-state index in [0.29, 0.717) is 18.4 Å². The zero-order chi connectivity index (χ0) is 35.5. The van der Waals surface area contributed by atoms with Gasteiger partial charge in [0.25, 0.3) is 0 Å². The highest BCUT2D eigenvalue weighted by molar-refractivity contribution is 5.93. The van der Waals surface area contributed by atoms with Crippen molar-refractivity contribution in [3.63, 3.8) is 0 Å². The Hall–Kier alpha value is -4.14. The van der Waals surface area contributed by atoms with E-state index in [2.05, 4.69) is 5.32 Å². The summed E-state index contributed by atoms with van der Waals surface area (Å²) >= 11 is 0. The number of hydrogen-bond donors (Lipinski definition) is 1. The van der Waals surface area contributed by atoms with Crippen LogP contribution in [-0.4, -0.2) is 78.1 Å². The summed E-state index contributed by atoms with van der Waals surface area (Å²) in [6.45, 7) is 16.7. The van der Waals surface area contributed by atoms with Crippen molar-refractivity contribution < 1.29 is 28.7 Å². The van der Waals surface area contributed by atoms with E-state index < -0.39 is 47.1 Å². The molecule has 0 aromatic heterocycles. The number of aryl methyl sites for hydroxylation is 1. The van der Waals surface area contributed by atoms with Crippen molar-refractivity contribution >= 4 is 23.9 Å². The first kappa shape index (κ1) is 39.0. The van der Waals surface area contributed by atoms with Crippen LogP contribution < -0.4 is 5.32 Å². The van der Waals surface area contributed by atoms with Crippen molar-refractivity contribution in [1.82, 2.24) is 15.1 Å². The molecular weight excluding hydrogens is 594 g/mol. The van der Waals surface area contributed by atoms with Crippen LogP contribution in [0.25, 0.3) is 0 Å². The van der Waals surface area contributed by atoms with Gasteiger partial charge < -0.3 is 19.7 Å². The lowest BCUT2D eigenvalue weighted by Gasteiger charge is -2.41. The normalized spacial score (nSPS) is 14.1. The third kappa shape index (κ3) is 11.3. The van der Waals surface area contributed by atoms with Gasteiger partial charge in [-0.1, -0.05) is 94.4 Å². The van der Waals surface area contributed by atoms with Crippen molar-refractivity contribution in [3.05, 3.63) is 83.4 Å². The highest BCUT2D eigenvalue weighted by atomic mass is 16.6. The molecule has 0 aliphatic carbocycles. The van der Waals surface area contributed by atoms with Gasteiger partial charge in [-0.2, -0.15) is 0 Å². The Balaban J connectivity index is 2.56. The van der Waals surface area contributed by atoms with E-state index in [0.717, 1.165) is 11.1 Å². The number of carbonyl (C=O) groups excluding carboxylic acids is 4. The predicted molar refractivity (Wildman–Crippen MR) is 186 cm³/mol. The molecule has 0 saturated carbocycles. The van der Waals surface area contributed by atoms with Gasteiger partial charge in [-0.15, -0.1) is 0 Å². The van der Waals surface area contributed by atoms with Crippen LogP contribution in [0.5, 0.6) is 0 Å². The van der Waals surface area contributed by atoms with Crippen LogP contribution in [-0.2, 0) is 35.7 Å². The Kier molecular flexibility index (Phi) is 14.2. The van der Waals surface area contributed by atoms with Crippen molar-refractivity contribution in [2.45, 2.75) is 104 Å². The summed E-state index contributed by atoms with van der Waals surface area (Å²) in [7, 11) is 3.23. The second kappa shape index (κ2) is 17.1. The Morgan fingerprint density at radius 3 is 1.94 bits per heavy atom. The third-order valence-electron chi connectivity index (χ3n) is 8.19. The molecule has 0 saturated heterocycles. The summed E-state index contributed by atoms with van der Waals surface area (Å²) in [6, 6.07) is 16.9. The number of ether oxygens (including phenoxy) is 2. The molecule has 258 valence electrons. The Bertz CT molecular complexity index is 1360. The lowest BCUT2D eigenvalue weighted by atomic mass is 9.76. The fourth-order valence-corrected chi connectivity index (χ4v) is 5.63. The third-order valence-corrected chi connectivity index (χ3v) is 8.19. The minimum Gasteiger partial charge on any atom is -0.463 e. The molecule has 0 aliphatic heterocycles. The molecule has 2 rings (SSSR count). The maximum absolute atomic E-state index is 14.5. The molecule has 2 aromatic rings. The van der Waals surface area contributed by atoms with Crippen LogP contribution in [0.15, 0.2) is 72.3 Å². The minimum atomic E-state index is -1.02. The van der Waals surface area contributed by atoms with E-state index in [1.807, 2.05) is 88.4 Å². The molecule has 0 radical (unpaired) electrons. The number of nitrogens with zero attached hydrogens (tertiary/aromatic N) is 2. The number of benzene rings is 2. The quantitative estimate of drug-likeness (QED) is 0.190. The van der Waals surface area contributed by atoms with E-state index in [4.69, 9.17) is 9.47 Å². The standard InChI is InChI=1S/C38H55N3O6/c1-12-46-35(44)27(4)25-31(26(2)3)40(10)34(43)30(24-23-28-19-15-13-16-20-28)39-33(42)32(41(11)36(45)47-37(5,6)7)38(8,9)29-21-17-14-18-22-29/h13-22,25-26,30-32H,12,23-24H2,1-11H3,(H,39,42)/t30-,31+,32+/m0/s1. The zero-order valence-electron chi connectivity index (χ0n) is 30.1. The number of amides is 3. The van der Waals surface area contributed by atoms with Gasteiger partial charge in [0.05, 0.1) is 12.6 Å². The highest BCUT2D eigenvalue weighted by Crippen LogP contribution is 2.31. The van der Waals surface area contributed by atoms with Crippen LogP contribution in [0, 0.1) is 5.92 Å². The van der Waals surface area contributed by atoms with Gasteiger partial charge in [0, 0.05) is 25.1 Å². The van der Waals surface area contributed by atoms with Crippen LogP contribution in [0.1, 0.15) is 79.9 Å². The summed E-state index contributed by atoms with van der Waals surface area (Å²) in [5.74, 6) is -1.27. The summed E-state index contributed by atoms with van der Waals surface area (Å²) in [6.07, 6.45) is 1.95. The zero-order valence-corrected chi connectivity index (χ0v) is 30.1. The number of hydrogen-bond acceptors (Lipinski definition) is 6. The minimum absolute atomic E-state index is 0.0399. The molecule has 0 unspecified atom stereocenters. The smallest absolute Gasteiger partial charge is 0.410 e. The fourth-order valence-electron chi connectivity index (χ4n) is 5.63. The monoisotopic (exact) mass is 649 g/mol. The van der Waals surface area contributed by atoms with Crippen LogP contribution in [0.3, 0.4) is 0 Å². The summed E-state index contributed by atoms with van der Waals surface area (Å²) in [4.78, 5) is 57.5. The molecule has 1 N–H and O–H groups in total. The average molecular weight is 650 g/mol. The van der Waals surface area contributed by atoms with Crippen molar-refractivity contribution in [3.8, 4) is 0 Å². The van der Waals surface area contributed by atoms with Gasteiger partial charge in [-0.3, -0.25) is 14.5 Å². The van der Waals surface area contributed by atoms with Crippen molar-refractivity contribution in [2.75, 3.05) is 20.7 Å². The van der Waals surface area contributed by atoms with Crippen LogP contribution in [0.4, 0.5) is 4.79 Å².